The van der Waals surface area contributed by atoms with Gasteiger partial charge in [-0.1, -0.05) is 6.92 Å². The van der Waals surface area contributed by atoms with E-state index in [-0.39, 0.29) is 19.1 Å². The van der Waals surface area contributed by atoms with E-state index in [0.717, 1.165) is 5.01 Å². The molecule has 1 aliphatic rings. The lowest BCUT2D eigenvalue weighted by Gasteiger charge is -2.39. The first-order chi connectivity index (χ1) is 10.3. The molecule has 2 rings (SSSR count). The third-order valence-corrected chi connectivity index (χ3v) is 4.75. The van der Waals surface area contributed by atoms with Crippen LogP contribution in [-0.2, 0) is 0 Å². The van der Waals surface area contributed by atoms with Crippen LogP contribution < -0.4 is 5.32 Å². The molecule has 9 heteroatoms. The number of alkyl halides is 3. The van der Waals surface area contributed by atoms with E-state index in [1.54, 1.807) is 11.6 Å². The van der Waals surface area contributed by atoms with E-state index < -0.39 is 30.7 Å². The first-order valence-electron chi connectivity index (χ1n) is 7.01. The van der Waals surface area contributed by atoms with Gasteiger partial charge in [0.05, 0.1) is 6.04 Å². The van der Waals surface area contributed by atoms with Crippen LogP contribution in [0.3, 0.4) is 0 Å². The molecule has 2 N–H and O–H groups in total. The first kappa shape index (κ1) is 17.0. The average molecular weight is 337 g/mol. The lowest BCUT2D eigenvalue weighted by atomic mass is 9.91. The molecule has 5 nitrogen and oxygen atoms in total. The summed E-state index contributed by atoms with van der Waals surface area (Å²) in [7, 11) is 0. The molecule has 0 bridgehead atoms. The topological polar surface area (TPSA) is 65.5 Å². The number of carbonyl (C=O) groups excluding carboxylic acids is 1. The Kier molecular flexibility index (Phi) is 4.96. The van der Waals surface area contributed by atoms with Gasteiger partial charge >= 0.3 is 12.2 Å². The fourth-order valence-electron chi connectivity index (χ4n) is 2.35. The van der Waals surface area contributed by atoms with Crippen molar-refractivity contribution in [1.82, 2.24) is 15.2 Å². The van der Waals surface area contributed by atoms with Crippen molar-refractivity contribution in [1.29, 1.82) is 0 Å². The zero-order valence-corrected chi connectivity index (χ0v) is 12.9. The first-order valence-corrected chi connectivity index (χ1v) is 7.89. The number of aliphatic hydroxyl groups is 1. The molecule has 0 spiro atoms. The third-order valence-electron chi connectivity index (χ3n) is 3.86. The van der Waals surface area contributed by atoms with Gasteiger partial charge in [-0.2, -0.15) is 13.2 Å². The van der Waals surface area contributed by atoms with Gasteiger partial charge in [0.1, 0.15) is 5.01 Å². The highest BCUT2D eigenvalue weighted by Gasteiger charge is 2.54. The number of aromatic nitrogens is 1. The van der Waals surface area contributed by atoms with E-state index in [2.05, 4.69) is 10.3 Å². The third kappa shape index (κ3) is 3.52. The van der Waals surface area contributed by atoms with Crippen LogP contribution in [0, 0.1) is 0 Å². The second-order valence-electron chi connectivity index (χ2n) is 5.30. The molecule has 1 aromatic heterocycles. The van der Waals surface area contributed by atoms with E-state index >= 15 is 0 Å². The van der Waals surface area contributed by atoms with Crippen molar-refractivity contribution in [3.63, 3.8) is 0 Å². The van der Waals surface area contributed by atoms with Gasteiger partial charge < -0.3 is 15.3 Å². The fraction of sp³-hybridized carbons (Fsp3) is 0.692. The van der Waals surface area contributed by atoms with Gasteiger partial charge in [0.15, 0.2) is 5.60 Å². The maximum atomic E-state index is 12.7. The number of likely N-dealkylation sites (tertiary alicyclic amines) is 1. The van der Waals surface area contributed by atoms with E-state index in [1.807, 2.05) is 6.92 Å². The number of nitrogens with zero attached hydrogens (tertiary/aromatic N) is 2. The van der Waals surface area contributed by atoms with Crippen molar-refractivity contribution in [2.24, 2.45) is 0 Å². The number of carbonyl (C=O) groups is 1. The highest BCUT2D eigenvalue weighted by molar-refractivity contribution is 7.09. The van der Waals surface area contributed by atoms with Crippen molar-refractivity contribution in [2.45, 2.75) is 44.0 Å². The van der Waals surface area contributed by atoms with Crippen molar-refractivity contribution >= 4 is 17.4 Å². The quantitative estimate of drug-likeness (QED) is 0.891. The Bertz CT molecular complexity index is 499. The molecule has 1 aliphatic heterocycles. The molecule has 2 heterocycles. The Morgan fingerprint density at radius 2 is 2.18 bits per heavy atom. The van der Waals surface area contributed by atoms with Crippen LogP contribution >= 0.6 is 11.3 Å². The number of amides is 2. The van der Waals surface area contributed by atoms with Crippen molar-refractivity contribution in [2.75, 3.05) is 13.1 Å². The number of hydrogen-bond donors (Lipinski definition) is 2. The summed E-state index contributed by atoms with van der Waals surface area (Å²) in [6, 6.07) is -0.679. The zero-order chi connectivity index (χ0) is 16.4. The predicted octanol–water partition coefficient (Wildman–Crippen LogP) is 2.69. The highest BCUT2D eigenvalue weighted by atomic mass is 32.1. The summed E-state index contributed by atoms with van der Waals surface area (Å²) in [4.78, 5) is 17.6. The van der Waals surface area contributed by atoms with E-state index in [1.165, 1.54) is 16.2 Å². The Hall–Kier alpha value is -1.35. The lowest BCUT2D eigenvalue weighted by Crippen LogP contribution is -2.56. The number of thiazole rings is 1. The molecule has 0 aromatic carbocycles. The predicted molar refractivity (Wildman–Crippen MR) is 75.5 cm³/mol. The molecule has 1 aromatic rings. The number of hydrogen-bond acceptors (Lipinski definition) is 4. The summed E-state index contributed by atoms with van der Waals surface area (Å²) in [5, 5.41) is 14.9. The number of nitrogens with one attached hydrogen (secondary N) is 1. The molecule has 1 unspecified atom stereocenters. The molecule has 0 radical (unpaired) electrons. The molecular formula is C13H18F3N3O2S. The van der Waals surface area contributed by atoms with Crippen molar-refractivity contribution in [3.05, 3.63) is 16.6 Å². The summed E-state index contributed by atoms with van der Waals surface area (Å²) in [5.74, 6) is 0. The summed E-state index contributed by atoms with van der Waals surface area (Å²) >= 11 is 1.41. The summed E-state index contributed by atoms with van der Waals surface area (Å²) < 4.78 is 38.2. The monoisotopic (exact) mass is 337 g/mol. The van der Waals surface area contributed by atoms with E-state index in [0.29, 0.717) is 6.42 Å². The minimum atomic E-state index is -4.66. The standard InChI is InChI=1S/C13H18F3N3O2S/c1-2-9(10-17-5-8-22-10)18-11(20)19-6-3-12(21,4-7-19)13(14,15)16/h5,8-9,21H,2-4,6-7H2,1H3,(H,18,20). The van der Waals surface area contributed by atoms with Gasteiger partial charge in [-0.25, -0.2) is 9.78 Å². The minimum absolute atomic E-state index is 0.129. The Morgan fingerprint density at radius 1 is 1.55 bits per heavy atom. The van der Waals surface area contributed by atoms with Gasteiger partial charge in [0.25, 0.3) is 0 Å². The molecule has 22 heavy (non-hydrogen) atoms. The SMILES string of the molecule is CCC(NC(=O)N1CCC(O)(C(F)(F)F)CC1)c1nccs1. The maximum absolute atomic E-state index is 12.7. The Morgan fingerprint density at radius 3 is 2.64 bits per heavy atom. The van der Waals surface area contributed by atoms with Crippen LogP contribution in [0.4, 0.5) is 18.0 Å². The Balaban J connectivity index is 1.93. The normalized spacial score (nSPS) is 19.8. The minimum Gasteiger partial charge on any atom is -0.380 e. The van der Waals surface area contributed by atoms with Gasteiger partial charge in [-0.05, 0) is 6.42 Å². The number of urea groups is 1. The number of rotatable bonds is 3. The van der Waals surface area contributed by atoms with Crippen LogP contribution in [0.2, 0.25) is 0 Å². The number of piperidine rings is 1. The smallest absolute Gasteiger partial charge is 0.380 e. The molecule has 1 saturated heterocycles. The van der Waals surface area contributed by atoms with Crippen LogP contribution in [0.1, 0.15) is 37.2 Å². The molecule has 124 valence electrons. The largest absolute Gasteiger partial charge is 0.417 e. The van der Waals surface area contributed by atoms with Crippen LogP contribution in [-0.4, -0.2) is 45.9 Å². The summed E-state index contributed by atoms with van der Waals surface area (Å²) in [5.41, 5.74) is -2.69. The molecular weight excluding hydrogens is 319 g/mol. The zero-order valence-electron chi connectivity index (χ0n) is 12.1. The van der Waals surface area contributed by atoms with E-state index in [9.17, 15) is 23.1 Å². The molecule has 1 atom stereocenters. The molecule has 0 saturated carbocycles. The Labute approximate surface area is 130 Å². The van der Waals surface area contributed by atoms with Gasteiger partial charge in [-0.3, -0.25) is 0 Å². The molecule has 1 fully saturated rings. The van der Waals surface area contributed by atoms with Gasteiger partial charge in [-0.15, -0.1) is 11.3 Å². The summed E-state index contributed by atoms with van der Waals surface area (Å²) in [6.45, 7) is 1.64. The van der Waals surface area contributed by atoms with Crippen LogP contribution in [0.25, 0.3) is 0 Å². The van der Waals surface area contributed by atoms with Crippen molar-refractivity contribution in [3.8, 4) is 0 Å². The number of halogens is 3. The second-order valence-corrected chi connectivity index (χ2v) is 6.22. The van der Waals surface area contributed by atoms with Crippen LogP contribution in [0.15, 0.2) is 11.6 Å². The maximum Gasteiger partial charge on any atom is 0.417 e. The summed E-state index contributed by atoms with van der Waals surface area (Å²) in [6.07, 6.45) is -3.39. The van der Waals surface area contributed by atoms with Crippen molar-refractivity contribution < 1.29 is 23.1 Å². The average Bonchev–Trinajstić information content (AvgIpc) is 2.98. The molecule has 2 amide bonds. The second kappa shape index (κ2) is 6.41. The van der Waals surface area contributed by atoms with E-state index in [4.69, 9.17) is 0 Å². The van der Waals surface area contributed by atoms with Gasteiger partial charge in [0, 0.05) is 37.5 Å². The lowest BCUT2D eigenvalue weighted by molar-refractivity contribution is -0.271. The van der Waals surface area contributed by atoms with Gasteiger partial charge in [0.2, 0.25) is 0 Å². The molecule has 0 aliphatic carbocycles. The highest BCUT2D eigenvalue weighted by Crippen LogP contribution is 2.38. The fourth-order valence-corrected chi connectivity index (χ4v) is 3.12. The van der Waals surface area contributed by atoms with Crippen LogP contribution in [0.5, 0.6) is 0 Å².